The first-order chi connectivity index (χ1) is 12.9. The second kappa shape index (κ2) is 9.57. The molecule has 0 aromatic heterocycles. The standard InChI is InChI=1S/C18H26NO7P/c1-4-24-18(25-5-2)27(23,26-6-3)12-13(20)11-19-16(21)14-9-7-8-10-15(14)17(19)22/h7-10,13,18,20H,4-6,11-12H2,1-3H3. The summed E-state index contributed by atoms with van der Waals surface area (Å²) in [5.74, 6) is -0.959. The molecule has 2 unspecified atom stereocenters. The highest BCUT2D eigenvalue weighted by Crippen LogP contribution is 2.53. The third-order valence-corrected chi connectivity index (χ3v) is 6.59. The number of rotatable bonds is 11. The molecule has 0 fully saturated rings. The minimum absolute atomic E-state index is 0.146. The van der Waals surface area contributed by atoms with Gasteiger partial charge in [-0.3, -0.25) is 19.1 Å². The number of aliphatic hydroxyl groups excluding tert-OH is 1. The van der Waals surface area contributed by atoms with Crippen LogP contribution in [-0.4, -0.2) is 66.5 Å². The van der Waals surface area contributed by atoms with E-state index in [1.54, 1.807) is 45.0 Å². The molecule has 1 aromatic rings. The molecule has 0 spiro atoms. The summed E-state index contributed by atoms with van der Waals surface area (Å²) in [5, 5.41) is 10.5. The Hall–Kier alpha value is -1.57. The number of carbonyl (C=O) groups excluding carboxylic acids is 2. The fourth-order valence-corrected chi connectivity index (χ4v) is 5.24. The number of β-amino-alcohol motifs (C(OH)–C–C–N with tert-alkyl or cyclic N) is 1. The zero-order valence-corrected chi connectivity index (χ0v) is 16.7. The van der Waals surface area contributed by atoms with E-state index in [-0.39, 0.29) is 32.5 Å². The molecule has 0 aliphatic carbocycles. The summed E-state index contributed by atoms with van der Waals surface area (Å²) in [7, 11) is -3.53. The first-order valence-electron chi connectivity index (χ1n) is 8.97. The van der Waals surface area contributed by atoms with Gasteiger partial charge in [-0.2, -0.15) is 0 Å². The monoisotopic (exact) mass is 399 g/mol. The van der Waals surface area contributed by atoms with Gasteiger partial charge in [0, 0.05) is 13.2 Å². The minimum Gasteiger partial charge on any atom is -0.391 e. The van der Waals surface area contributed by atoms with Gasteiger partial charge in [-0.25, -0.2) is 0 Å². The van der Waals surface area contributed by atoms with Crippen molar-refractivity contribution < 1.29 is 33.3 Å². The van der Waals surface area contributed by atoms with Gasteiger partial charge in [0.1, 0.15) is 0 Å². The second-order valence-electron chi connectivity index (χ2n) is 5.96. The Morgan fingerprint density at radius 2 is 1.52 bits per heavy atom. The number of nitrogens with zero attached hydrogens (tertiary/aromatic N) is 1. The molecule has 1 aliphatic heterocycles. The Balaban J connectivity index is 2.12. The number of hydrogen-bond donors (Lipinski definition) is 1. The predicted octanol–water partition coefficient (Wildman–Crippen LogP) is 2.31. The van der Waals surface area contributed by atoms with Crippen LogP contribution in [-0.2, 0) is 18.6 Å². The van der Waals surface area contributed by atoms with Crippen molar-refractivity contribution in [3.05, 3.63) is 35.4 Å². The molecule has 8 nitrogen and oxygen atoms in total. The molecule has 2 rings (SSSR count). The lowest BCUT2D eigenvalue weighted by Gasteiger charge is -2.29. The predicted molar refractivity (Wildman–Crippen MR) is 99.0 cm³/mol. The van der Waals surface area contributed by atoms with Crippen molar-refractivity contribution in [3.8, 4) is 0 Å². The normalized spacial score (nSPS) is 17.3. The largest absolute Gasteiger partial charge is 0.391 e. The average molecular weight is 399 g/mol. The van der Waals surface area contributed by atoms with Crippen LogP contribution in [0.25, 0.3) is 0 Å². The number of ether oxygens (including phenoxy) is 2. The number of carbonyl (C=O) groups is 2. The summed E-state index contributed by atoms with van der Waals surface area (Å²) in [5.41, 5.74) is 0.591. The lowest BCUT2D eigenvalue weighted by molar-refractivity contribution is -0.0895. The SMILES string of the molecule is CCOC(OCC)P(=O)(CC(O)CN1C(=O)c2ccccc2C1=O)OCC. The van der Waals surface area contributed by atoms with Crippen LogP contribution >= 0.6 is 7.37 Å². The van der Waals surface area contributed by atoms with Crippen LogP contribution in [0, 0.1) is 0 Å². The van der Waals surface area contributed by atoms with E-state index in [0.29, 0.717) is 11.1 Å². The van der Waals surface area contributed by atoms with Crippen molar-refractivity contribution in [1.29, 1.82) is 0 Å². The maximum Gasteiger partial charge on any atom is 0.261 e. The minimum atomic E-state index is -3.53. The van der Waals surface area contributed by atoms with Gasteiger partial charge in [0.2, 0.25) is 6.03 Å². The number of aliphatic hydroxyl groups is 1. The number of imide groups is 1. The second-order valence-corrected chi connectivity index (χ2v) is 8.46. The molecule has 27 heavy (non-hydrogen) atoms. The van der Waals surface area contributed by atoms with Gasteiger partial charge < -0.3 is 19.1 Å². The quantitative estimate of drug-likeness (QED) is 0.346. The van der Waals surface area contributed by atoms with Crippen LogP contribution in [0.5, 0.6) is 0 Å². The molecule has 0 bridgehead atoms. The molecule has 0 radical (unpaired) electrons. The van der Waals surface area contributed by atoms with Crippen LogP contribution in [0.2, 0.25) is 0 Å². The van der Waals surface area contributed by atoms with Crippen LogP contribution in [0.15, 0.2) is 24.3 Å². The van der Waals surface area contributed by atoms with Gasteiger partial charge >= 0.3 is 0 Å². The van der Waals surface area contributed by atoms with Crippen LogP contribution < -0.4 is 0 Å². The highest BCUT2D eigenvalue weighted by Gasteiger charge is 2.41. The van der Waals surface area contributed by atoms with E-state index in [2.05, 4.69) is 0 Å². The van der Waals surface area contributed by atoms with Crippen molar-refractivity contribution in [3.63, 3.8) is 0 Å². The van der Waals surface area contributed by atoms with E-state index in [1.165, 1.54) is 0 Å². The number of hydrogen-bond acceptors (Lipinski definition) is 7. The first kappa shape index (κ1) is 21.7. The molecule has 1 heterocycles. The first-order valence-corrected chi connectivity index (χ1v) is 10.9. The molecule has 0 saturated heterocycles. The zero-order chi connectivity index (χ0) is 20.0. The van der Waals surface area contributed by atoms with E-state index in [1.807, 2.05) is 0 Å². The molecule has 1 aliphatic rings. The molecule has 2 amide bonds. The zero-order valence-electron chi connectivity index (χ0n) is 15.8. The Labute approximate surface area is 158 Å². The molecular weight excluding hydrogens is 373 g/mol. The molecule has 2 atom stereocenters. The van der Waals surface area contributed by atoms with Gasteiger partial charge in [-0.15, -0.1) is 0 Å². The Morgan fingerprint density at radius 3 is 1.96 bits per heavy atom. The number of benzene rings is 1. The summed E-state index contributed by atoms with van der Waals surface area (Å²) in [6, 6.07) is 5.36. The summed E-state index contributed by atoms with van der Waals surface area (Å²) in [6.45, 7) is 5.53. The van der Waals surface area contributed by atoms with E-state index in [0.717, 1.165) is 4.90 Å². The molecule has 0 saturated carbocycles. The Kier molecular flexibility index (Phi) is 7.70. The lowest BCUT2D eigenvalue weighted by Crippen LogP contribution is -2.39. The van der Waals surface area contributed by atoms with Gasteiger partial charge in [0.25, 0.3) is 19.2 Å². The van der Waals surface area contributed by atoms with E-state index < -0.39 is 31.3 Å². The van der Waals surface area contributed by atoms with Crippen LogP contribution in [0.1, 0.15) is 41.5 Å². The highest BCUT2D eigenvalue weighted by molar-refractivity contribution is 7.59. The van der Waals surface area contributed by atoms with E-state index in [4.69, 9.17) is 14.0 Å². The summed E-state index contributed by atoms with van der Waals surface area (Å²) in [4.78, 5) is 25.8. The van der Waals surface area contributed by atoms with Gasteiger partial charge in [-0.1, -0.05) is 12.1 Å². The van der Waals surface area contributed by atoms with Gasteiger partial charge in [0.15, 0.2) is 0 Å². The topological polar surface area (TPSA) is 102 Å². The molecule has 1 aromatic carbocycles. The Morgan fingerprint density at radius 1 is 1.00 bits per heavy atom. The van der Waals surface area contributed by atoms with Crippen molar-refractivity contribution in [2.24, 2.45) is 0 Å². The molecule has 9 heteroatoms. The lowest BCUT2D eigenvalue weighted by atomic mass is 10.1. The summed E-state index contributed by atoms with van der Waals surface area (Å²) >= 11 is 0. The summed E-state index contributed by atoms with van der Waals surface area (Å²) < 4.78 is 29.4. The smallest absolute Gasteiger partial charge is 0.261 e. The van der Waals surface area contributed by atoms with Crippen molar-refractivity contribution in [2.45, 2.75) is 32.9 Å². The molecular formula is C18H26NO7P. The molecule has 1 N–H and O–H groups in total. The van der Waals surface area contributed by atoms with E-state index in [9.17, 15) is 19.3 Å². The fourth-order valence-electron chi connectivity index (χ4n) is 2.95. The number of fused-ring (bicyclic) bond motifs is 1. The Bertz CT molecular complexity index is 682. The third kappa shape index (κ3) is 4.83. The maximum absolute atomic E-state index is 13.2. The molecule has 150 valence electrons. The summed E-state index contributed by atoms with van der Waals surface area (Å²) in [6.07, 6.45) is -1.54. The number of amides is 2. The maximum atomic E-state index is 13.2. The highest BCUT2D eigenvalue weighted by atomic mass is 31.2. The average Bonchev–Trinajstić information content (AvgIpc) is 2.87. The third-order valence-electron chi connectivity index (χ3n) is 4.02. The van der Waals surface area contributed by atoms with Crippen molar-refractivity contribution in [2.75, 3.05) is 32.5 Å². The fraction of sp³-hybridized carbons (Fsp3) is 0.556. The van der Waals surface area contributed by atoms with Crippen molar-refractivity contribution >= 4 is 19.2 Å². The van der Waals surface area contributed by atoms with Crippen LogP contribution in [0.4, 0.5) is 0 Å². The van der Waals surface area contributed by atoms with Crippen LogP contribution in [0.3, 0.4) is 0 Å². The van der Waals surface area contributed by atoms with Crippen molar-refractivity contribution in [1.82, 2.24) is 4.90 Å². The van der Waals surface area contributed by atoms with Gasteiger partial charge in [-0.05, 0) is 32.9 Å². The van der Waals surface area contributed by atoms with E-state index >= 15 is 0 Å². The van der Waals surface area contributed by atoms with Gasteiger partial charge in [0.05, 0.1) is 36.5 Å².